The standard InChI is InChI=1S/C22H21NO5S/c1-14-19(15(2)28-23-14)13-29-20-10-5-4-9-18(20)22(25)27-12-16-7-6-8-17(11-16)21(24)26-3/h4-11H,12-13H2,1-3H3. The van der Waals surface area contributed by atoms with Gasteiger partial charge < -0.3 is 14.0 Å². The summed E-state index contributed by atoms with van der Waals surface area (Å²) >= 11 is 1.53. The molecule has 0 aliphatic carbocycles. The highest BCUT2D eigenvalue weighted by atomic mass is 32.2. The van der Waals surface area contributed by atoms with Gasteiger partial charge in [0.05, 0.1) is 23.9 Å². The Morgan fingerprint density at radius 1 is 1.07 bits per heavy atom. The van der Waals surface area contributed by atoms with Gasteiger partial charge in [0.1, 0.15) is 12.4 Å². The number of methoxy groups -OCH3 is 1. The molecule has 29 heavy (non-hydrogen) atoms. The maximum atomic E-state index is 12.7. The highest BCUT2D eigenvalue weighted by molar-refractivity contribution is 7.98. The summed E-state index contributed by atoms with van der Waals surface area (Å²) in [4.78, 5) is 25.1. The molecule has 0 atom stereocenters. The van der Waals surface area contributed by atoms with Crippen LogP contribution in [-0.4, -0.2) is 24.2 Å². The highest BCUT2D eigenvalue weighted by Crippen LogP contribution is 2.29. The molecule has 0 N–H and O–H groups in total. The minimum Gasteiger partial charge on any atom is -0.465 e. The zero-order valence-electron chi connectivity index (χ0n) is 16.4. The zero-order valence-corrected chi connectivity index (χ0v) is 17.2. The largest absolute Gasteiger partial charge is 0.465 e. The second-order valence-electron chi connectivity index (χ2n) is 6.36. The van der Waals surface area contributed by atoms with Gasteiger partial charge in [0, 0.05) is 16.2 Å². The summed E-state index contributed by atoms with van der Waals surface area (Å²) in [6.45, 7) is 3.83. The lowest BCUT2D eigenvalue weighted by Crippen LogP contribution is -2.08. The predicted octanol–water partition coefficient (Wildman–Crippen LogP) is 4.73. The van der Waals surface area contributed by atoms with Gasteiger partial charge in [-0.25, -0.2) is 9.59 Å². The van der Waals surface area contributed by atoms with E-state index in [1.54, 1.807) is 36.4 Å². The van der Waals surface area contributed by atoms with Gasteiger partial charge in [-0.3, -0.25) is 0 Å². The van der Waals surface area contributed by atoms with Crippen molar-refractivity contribution in [2.75, 3.05) is 7.11 Å². The van der Waals surface area contributed by atoms with Gasteiger partial charge in [0.2, 0.25) is 0 Å². The Labute approximate surface area is 173 Å². The average Bonchev–Trinajstić information content (AvgIpc) is 3.07. The second-order valence-corrected chi connectivity index (χ2v) is 7.37. The summed E-state index contributed by atoms with van der Waals surface area (Å²) in [5, 5.41) is 3.96. The van der Waals surface area contributed by atoms with Crippen molar-refractivity contribution in [1.82, 2.24) is 5.16 Å². The number of thioether (sulfide) groups is 1. The van der Waals surface area contributed by atoms with Crippen LogP contribution in [0.2, 0.25) is 0 Å². The third-order valence-electron chi connectivity index (χ3n) is 4.38. The van der Waals surface area contributed by atoms with Gasteiger partial charge in [-0.15, -0.1) is 11.8 Å². The summed E-state index contributed by atoms with van der Waals surface area (Å²) in [5.74, 6) is 0.572. The zero-order chi connectivity index (χ0) is 20.8. The van der Waals surface area contributed by atoms with Crippen molar-refractivity contribution < 1.29 is 23.6 Å². The number of aromatic nitrogens is 1. The highest BCUT2D eigenvalue weighted by Gasteiger charge is 2.16. The van der Waals surface area contributed by atoms with Crippen LogP contribution in [0.1, 0.15) is 43.3 Å². The van der Waals surface area contributed by atoms with Gasteiger partial charge in [-0.05, 0) is 43.7 Å². The number of rotatable bonds is 7. The monoisotopic (exact) mass is 411 g/mol. The molecule has 7 heteroatoms. The molecule has 0 aliphatic heterocycles. The van der Waals surface area contributed by atoms with Crippen molar-refractivity contribution in [3.8, 4) is 0 Å². The smallest absolute Gasteiger partial charge is 0.339 e. The van der Waals surface area contributed by atoms with E-state index in [-0.39, 0.29) is 6.61 Å². The van der Waals surface area contributed by atoms with E-state index >= 15 is 0 Å². The Kier molecular flexibility index (Phi) is 6.72. The Balaban J connectivity index is 1.68. The first-order valence-electron chi connectivity index (χ1n) is 8.97. The van der Waals surface area contributed by atoms with E-state index in [2.05, 4.69) is 5.16 Å². The van der Waals surface area contributed by atoms with Crippen molar-refractivity contribution in [3.05, 3.63) is 82.2 Å². The number of nitrogens with zero attached hydrogens (tertiary/aromatic N) is 1. The Morgan fingerprint density at radius 3 is 2.59 bits per heavy atom. The fourth-order valence-corrected chi connectivity index (χ4v) is 3.95. The number of hydrogen-bond donors (Lipinski definition) is 0. The molecule has 3 aromatic rings. The number of aryl methyl sites for hydroxylation is 2. The van der Waals surface area contributed by atoms with Gasteiger partial charge in [-0.1, -0.05) is 29.4 Å². The summed E-state index contributed by atoms with van der Waals surface area (Å²) in [5.41, 5.74) is 3.49. The van der Waals surface area contributed by atoms with Crippen LogP contribution in [0.25, 0.3) is 0 Å². The minimum atomic E-state index is -0.431. The molecule has 6 nitrogen and oxygen atoms in total. The molecule has 150 valence electrons. The maximum absolute atomic E-state index is 12.7. The molecular weight excluding hydrogens is 390 g/mol. The summed E-state index contributed by atoms with van der Waals surface area (Å²) in [7, 11) is 1.33. The fraction of sp³-hybridized carbons (Fsp3) is 0.227. The summed E-state index contributed by atoms with van der Waals surface area (Å²) in [6.07, 6.45) is 0. The molecule has 0 fully saturated rings. The molecule has 0 saturated carbocycles. The van der Waals surface area contributed by atoms with Crippen LogP contribution >= 0.6 is 11.8 Å². The van der Waals surface area contributed by atoms with Crippen LogP contribution in [0.15, 0.2) is 57.9 Å². The number of carbonyl (C=O) groups is 2. The lowest BCUT2D eigenvalue weighted by molar-refractivity contribution is 0.0468. The van der Waals surface area contributed by atoms with Crippen LogP contribution < -0.4 is 0 Å². The third-order valence-corrected chi connectivity index (χ3v) is 5.48. The van der Waals surface area contributed by atoms with E-state index in [0.717, 1.165) is 21.9 Å². The van der Waals surface area contributed by atoms with Crippen LogP contribution in [0.5, 0.6) is 0 Å². The summed E-state index contributed by atoms with van der Waals surface area (Å²) in [6, 6.07) is 14.1. The van der Waals surface area contributed by atoms with Crippen molar-refractivity contribution in [1.29, 1.82) is 0 Å². The predicted molar refractivity (Wildman–Crippen MR) is 109 cm³/mol. The number of hydrogen-bond acceptors (Lipinski definition) is 7. The van der Waals surface area contributed by atoms with Crippen molar-refractivity contribution in [2.45, 2.75) is 31.1 Å². The van der Waals surface area contributed by atoms with E-state index in [0.29, 0.717) is 22.4 Å². The topological polar surface area (TPSA) is 78.6 Å². The molecule has 0 spiro atoms. The second kappa shape index (κ2) is 9.43. The minimum absolute atomic E-state index is 0.0620. The lowest BCUT2D eigenvalue weighted by atomic mass is 10.1. The van der Waals surface area contributed by atoms with Gasteiger partial charge in [0.25, 0.3) is 0 Å². The quantitative estimate of drug-likeness (QED) is 0.411. The van der Waals surface area contributed by atoms with Crippen molar-refractivity contribution in [3.63, 3.8) is 0 Å². The first-order chi connectivity index (χ1) is 14.0. The maximum Gasteiger partial charge on any atom is 0.339 e. The third kappa shape index (κ3) is 5.06. The summed E-state index contributed by atoms with van der Waals surface area (Å²) < 4.78 is 15.4. The van der Waals surface area contributed by atoms with Crippen molar-refractivity contribution in [2.24, 2.45) is 0 Å². The van der Waals surface area contributed by atoms with Gasteiger partial charge in [-0.2, -0.15) is 0 Å². The van der Waals surface area contributed by atoms with Crippen LogP contribution in [0.4, 0.5) is 0 Å². The Bertz CT molecular complexity index is 1010. The number of esters is 2. The molecule has 1 heterocycles. The Hall–Kier alpha value is -3.06. The molecule has 0 aliphatic rings. The number of ether oxygens (including phenoxy) is 2. The van der Waals surface area contributed by atoms with E-state index in [1.807, 2.05) is 26.0 Å². The molecule has 0 unspecified atom stereocenters. The molecule has 0 bridgehead atoms. The lowest BCUT2D eigenvalue weighted by Gasteiger charge is -2.10. The van der Waals surface area contributed by atoms with E-state index in [4.69, 9.17) is 14.0 Å². The first kappa shape index (κ1) is 20.7. The molecule has 0 radical (unpaired) electrons. The molecule has 0 saturated heterocycles. The number of carbonyl (C=O) groups excluding carboxylic acids is 2. The molecule has 2 aromatic carbocycles. The van der Waals surface area contributed by atoms with Crippen LogP contribution in [0.3, 0.4) is 0 Å². The van der Waals surface area contributed by atoms with Crippen LogP contribution in [0, 0.1) is 13.8 Å². The van der Waals surface area contributed by atoms with Gasteiger partial charge in [0.15, 0.2) is 0 Å². The van der Waals surface area contributed by atoms with E-state index in [1.165, 1.54) is 18.9 Å². The molecular formula is C22H21NO5S. The Morgan fingerprint density at radius 2 is 1.86 bits per heavy atom. The normalized spacial score (nSPS) is 10.6. The van der Waals surface area contributed by atoms with Crippen LogP contribution in [-0.2, 0) is 21.8 Å². The van der Waals surface area contributed by atoms with E-state index in [9.17, 15) is 9.59 Å². The van der Waals surface area contributed by atoms with E-state index < -0.39 is 11.9 Å². The molecule has 1 aromatic heterocycles. The first-order valence-corrected chi connectivity index (χ1v) is 9.96. The SMILES string of the molecule is COC(=O)c1cccc(COC(=O)c2ccccc2SCc2c(C)noc2C)c1. The molecule has 0 amide bonds. The van der Waals surface area contributed by atoms with Crippen molar-refractivity contribution >= 4 is 23.7 Å². The fourth-order valence-electron chi connectivity index (χ4n) is 2.75. The number of benzene rings is 2. The van der Waals surface area contributed by atoms with Gasteiger partial charge >= 0.3 is 11.9 Å². The average molecular weight is 411 g/mol. The molecule has 3 rings (SSSR count).